The fourth-order valence-corrected chi connectivity index (χ4v) is 1.83. The van der Waals surface area contributed by atoms with Crippen molar-refractivity contribution in [3.05, 3.63) is 23.3 Å². The second kappa shape index (κ2) is 5.92. The first kappa shape index (κ1) is 13.7. The van der Waals surface area contributed by atoms with Gasteiger partial charge in [0, 0.05) is 17.8 Å². The molecule has 0 bridgehead atoms. The molecule has 0 amide bonds. The Labute approximate surface area is 113 Å². The number of hydrogen-bond acceptors (Lipinski definition) is 5. The van der Waals surface area contributed by atoms with E-state index in [1.165, 1.54) is 10.4 Å². The van der Waals surface area contributed by atoms with E-state index in [0.29, 0.717) is 18.3 Å². The first-order valence-electron chi connectivity index (χ1n) is 6.51. The standard InChI is InChI=1S/C12H21N7/c1-9(2)5-13-6-11-7-14-19(10(11)3)8-12-15-17-18(4)16-12/h7,9,13H,5-6,8H2,1-4H3. The monoisotopic (exact) mass is 263 g/mol. The van der Waals surface area contributed by atoms with Crippen molar-refractivity contribution in [2.24, 2.45) is 13.0 Å². The first-order valence-corrected chi connectivity index (χ1v) is 6.51. The highest BCUT2D eigenvalue weighted by molar-refractivity contribution is 5.16. The molecule has 2 rings (SSSR count). The topological polar surface area (TPSA) is 73.5 Å². The SMILES string of the molecule is Cc1c(CNCC(C)C)cnn1Cc1nnn(C)n1. The predicted octanol–water partition coefficient (Wildman–Crippen LogP) is 0.509. The Morgan fingerprint density at radius 1 is 1.37 bits per heavy atom. The van der Waals surface area contributed by atoms with Gasteiger partial charge in [-0.15, -0.1) is 10.2 Å². The maximum Gasteiger partial charge on any atom is 0.196 e. The maximum atomic E-state index is 4.38. The molecule has 0 aliphatic rings. The molecule has 104 valence electrons. The normalized spacial score (nSPS) is 11.4. The Balaban J connectivity index is 1.97. The molecule has 0 radical (unpaired) electrons. The van der Waals surface area contributed by atoms with Crippen molar-refractivity contribution in [1.82, 2.24) is 35.3 Å². The van der Waals surface area contributed by atoms with Gasteiger partial charge in [-0.3, -0.25) is 4.68 Å². The van der Waals surface area contributed by atoms with Crippen molar-refractivity contribution in [3.8, 4) is 0 Å². The summed E-state index contributed by atoms with van der Waals surface area (Å²) in [6.07, 6.45) is 1.90. The molecule has 2 heterocycles. The molecule has 19 heavy (non-hydrogen) atoms. The average molecular weight is 263 g/mol. The third-order valence-corrected chi connectivity index (χ3v) is 2.91. The lowest BCUT2D eigenvalue weighted by Crippen LogP contribution is -2.19. The zero-order valence-electron chi connectivity index (χ0n) is 12.0. The van der Waals surface area contributed by atoms with Crippen LogP contribution in [0.3, 0.4) is 0 Å². The first-order chi connectivity index (χ1) is 9.06. The van der Waals surface area contributed by atoms with Crippen LogP contribution in [-0.2, 0) is 20.1 Å². The van der Waals surface area contributed by atoms with Crippen molar-refractivity contribution < 1.29 is 0 Å². The lowest BCUT2D eigenvalue weighted by molar-refractivity contribution is 0.550. The summed E-state index contributed by atoms with van der Waals surface area (Å²) in [6.45, 7) is 8.87. The third-order valence-electron chi connectivity index (χ3n) is 2.91. The highest BCUT2D eigenvalue weighted by Crippen LogP contribution is 2.08. The molecule has 0 saturated heterocycles. The number of hydrogen-bond donors (Lipinski definition) is 1. The van der Waals surface area contributed by atoms with E-state index in [4.69, 9.17) is 0 Å². The van der Waals surface area contributed by atoms with Crippen LogP contribution >= 0.6 is 0 Å². The van der Waals surface area contributed by atoms with Gasteiger partial charge in [-0.25, -0.2) is 0 Å². The molecule has 0 aliphatic heterocycles. The van der Waals surface area contributed by atoms with Crippen molar-refractivity contribution in [3.63, 3.8) is 0 Å². The van der Waals surface area contributed by atoms with Gasteiger partial charge in [-0.05, 0) is 24.6 Å². The molecule has 7 nitrogen and oxygen atoms in total. The molecule has 0 fully saturated rings. The molecule has 7 heteroatoms. The van der Waals surface area contributed by atoms with Crippen molar-refractivity contribution >= 4 is 0 Å². The minimum atomic E-state index is 0.559. The van der Waals surface area contributed by atoms with Crippen LogP contribution in [0.25, 0.3) is 0 Å². The smallest absolute Gasteiger partial charge is 0.196 e. The minimum Gasteiger partial charge on any atom is -0.312 e. The zero-order valence-corrected chi connectivity index (χ0v) is 12.0. The Bertz CT molecular complexity index is 526. The summed E-state index contributed by atoms with van der Waals surface area (Å²) in [5.74, 6) is 1.33. The van der Waals surface area contributed by atoms with E-state index in [1.807, 2.05) is 10.9 Å². The second-order valence-corrected chi connectivity index (χ2v) is 5.13. The Hall–Kier alpha value is -1.76. The van der Waals surface area contributed by atoms with Gasteiger partial charge in [0.25, 0.3) is 0 Å². The molecule has 1 N–H and O–H groups in total. The van der Waals surface area contributed by atoms with Crippen LogP contribution in [0, 0.1) is 12.8 Å². The summed E-state index contributed by atoms with van der Waals surface area (Å²) >= 11 is 0. The summed E-state index contributed by atoms with van der Waals surface area (Å²) in [7, 11) is 1.76. The van der Waals surface area contributed by atoms with Crippen LogP contribution in [0.2, 0.25) is 0 Å². The molecule has 2 aromatic rings. The van der Waals surface area contributed by atoms with E-state index >= 15 is 0 Å². The summed E-state index contributed by atoms with van der Waals surface area (Å²) in [6, 6.07) is 0. The molecular weight excluding hydrogens is 242 g/mol. The summed E-state index contributed by atoms with van der Waals surface area (Å²) in [5, 5.41) is 19.8. The van der Waals surface area contributed by atoms with Gasteiger partial charge in [0.2, 0.25) is 0 Å². The molecule has 0 aromatic carbocycles. The zero-order chi connectivity index (χ0) is 13.8. The molecule has 2 aromatic heterocycles. The van der Waals surface area contributed by atoms with Crippen LogP contribution in [0.1, 0.15) is 30.9 Å². The lowest BCUT2D eigenvalue weighted by atomic mass is 10.2. The van der Waals surface area contributed by atoms with Gasteiger partial charge < -0.3 is 5.32 Å². The van der Waals surface area contributed by atoms with Crippen molar-refractivity contribution in [2.75, 3.05) is 6.54 Å². The van der Waals surface area contributed by atoms with Crippen LogP contribution in [0.15, 0.2) is 6.20 Å². The number of tetrazole rings is 1. The molecular formula is C12H21N7. The van der Waals surface area contributed by atoms with E-state index in [1.54, 1.807) is 7.05 Å². The van der Waals surface area contributed by atoms with Crippen LogP contribution in [-0.4, -0.2) is 36.5 Å². The van der Waals surface area contributed by atoms with Gasteiger partial charge in [0.1, 0.15) is 6.54 Å². The van der Waals surface area contributed by atoms with E-state index in [9.17, 15) is 0 Å². The summed E-state index contributed by atoms with van der Waals surface area (Å²) < 4.78 is 1.91. The number of nitrogens with one attached hydrogen (secondary N) is 1. The predicted molar refractivity (Wildman–Crippen MR) is 71.4 cm³/mol. The molecule has 0 saturated carbocycles. The molecule has 0 aliphatic carbocycles. The van der Waals surface area contributed by atoms with E-state index in [2.05, 4.69) is 46.6 Å². The van der Waals surface area contributed by atoms with Gasteiger partial charge in [0.05, 0.1) is 13.2 Å². The molecule has 0 spiro atoms. The second-order valence-electron chi connectivity index (χ2n) is 5.13. The number of rotatable bonds is 6. The highest BCUT2D eigenvalue weighted by Gasteiger charge is 2.09. The maximum absolute atomic E-state index is 4.38. The van der Waals surface area contributed by atoms with Crippen LogP contribution < -0.4 is 5.32 Å². The van der Waals surface area contributed by atoms with Crippen LogP contribution in [0.4, 0.5) is 0 Å². The van der Waals surface area contributed by atoms with Gasteiger partial charge >= 0.3 is 0 Å². The fraction of sp³-hybridized carbons (Fsp3) is 0.667. The summed E-state index contributed by atoms with van der Waals surface area (Å²) in [4.78, 5) is 1.46. The number of nitrogens with zero attached hydrogens (tertiary/aromatic N) is 6. The van der Waals surface area contributed by atoms with E-state index in [0.717, 1.165) is 18.8 Å². The third kappa shape index (κ3) is 3.60. The molecule has 0 atom stereocenters. The van der Waals surface area contributed by atoms with Crippen molar-refractivity contribution in [2.45, 2.75) is 33.9 Å². The summed E-state index contributed by atoms with van der Waals surface area (Å²) in [5.41, 5.74) is 2.35. The largest absolute Gasteiger partial charge is 0.312 e. The Kier molecular flexibility index (Phi) is 4.26. The Morgan fingerprint density at radius 3 is 2.79 bits per heavy atom. The minimum absolute atomic E-state index is 0.559. The Morgan fingerprint density at radius 2 is 2.16 bits per heavy atom. The van der Waals surface area contributed by atoms with Gasteiger partial charge in [0.15, 0.2) is 5.82 Å². The number of aryl methyl sites for hydroxylation is 1. The molecule has 0 unspecified atom stereocenters. The van der Waals surface area contributed by atoms with Crippen molar-refractivity contribution in [1.29, 1.82) is 0 Å². The lowest BCUT2D eigenvalue weighted by Gasteiger charge is -2.07. The fourth-order valence-electron chi connectivity index (χ4n) is 1.83. The van der Waals surface area contributed by atoms with E-state index in [-0.39, 0.29) is 0 Å². The average Bonchev–Trinajstić information content (AvgIpc) is 2.89. The van der Waals surface area contributed by atoms with Gasteiger partial charge in [-0.2, -0.15) is 9.90 Å². The highest BCUT2D eigenvalue weighted by atomic mass is 15.6. The van der Waals surface area contributed by atoms with E-state index < -0.39 is 0 Å². The quantitative estimate of drug-likeness (QED) is 0.822. The van der Waals surface area contributed by atoms with Crippen LogP contribution in [0.5, 0.6) is 0 Å². The number of aromatic nitrogens is 6. The van der Waals surface area contributed by atoms with Gasteiger partial charge in [-0.1, -0.05) is 13.8 Å².